The molecule has 0 bridgehead atoms. The van der Waals surface area contributed by atoms with E-state index in [1.807, 2.05) is 6.92 Å². The van der Waals surface area contributed by atoms with E-state index in [4.69, 9.17) is 0 Å². The van der Waals surface area contributed by atoms with Gasteiger partial charge in [-0.05, 0) is 19.4 Å². The minimum atomic E-state index is -0.805. The fraction of sp³-hybridized carbons (Fsp3) is 0.500. The lowest BCUT2D eigenvalue weighted by molar-refractivity contribution is 0.512. The first-order valence-electron chi connectivity index (χ1n) is 5.46. The van der Waals surface area contributed by atoms with E-state index in [1.165, 1.54) is 12.1 Å². The zero-order valence-corrected chi connectivity index (χ0v) is 10.8. The van der Waals surface area contributed by atoms with Crippen molar-refractivity contribution in [3.05, 3.63) is 35.4 Å². The number of rotatable bonds is 6. The highest BCUT2D eigenvalue weighted by Crippen LogP contribution is 2.09. The monoisotopic (exact) mass is 261 g/mol. The molecule has 0 heterocycles. The Balaban J connectivity index is 2.41. The first kappa shape index (κ1) is 14.3. The van der Waals surface area contributed by atoms with Crippen LogP contribution in [0.1, 0.15) is 18.9 Å². The second kappa shape index (κ2) is 6.81. The lowest BCUT2D eigenvalue weighted by Crippen LogP contribution is -2.27. The molecule has 1 N–H and O–H groups in total. The molecule has 0 radical (unpaired) electrons. The molecule has 2 nitrogen and oxygen atoms in total. The largest absolute Gasteiger partial charge is 0.310 e. The molecule has 2 unspecified atom stereocenters. The van der Waals surface area contributed by atoms with Crippen LogP contribution < -0.4 is 5.32 Å². The smallest absolute Gasteiger partial charge is 0.130 e. The predicted octanol–water partition coefficient (Wildman–Crippen LogP) is 2.21. The van der Waals surface area contributed by atoms with Gasteiger partial charge in [0.1, 0.15) is 11.6 Å². The Morgan fingerprint density at radius 2 is 2.12 bits per heavy atom. The summed E-state index contributed by atoms with van der Waals surface area (Å²) in [5, 5.41) is 3.12. The third-order valence-corrected chi connectivity index (χ3v) is 3.31. The van der Waals surface area contributed by atoms with Gasteiger partial charge in [-0.1, -0.05) is 6.07 Å². The molecular formula is C12H17F2NOS. The molecule has 1 aromatic rings. The van der Waals surface area contributed by atoms with Gasteiger partial charge in [0.2, 0.25) is 0 Å². The molecule has 96 valence electrons. The number of nitrogens with one attached hydrogen (secondary N) is 1. The molecule has 0 saturated carbocycles. The number of halogens is 2. The van der Waals surface area contributed by atoms with Crippen LogP contribution in [0.2, 0.25) is 0 Å². The molecule has 0 aliphatic heterocycles. The van der Waals surface area contributed by atoms with Crippen LogP contribution in [0.4, 0.5) is 8.78 Å². The molecule has 17 heavy (non-hydrogen) atoms. The van der Waals surface area contributed by atoms with E-state index in [2.05, 4.69) is 5.32 Å². The van der Waals surface area contributed by atoms with Crippen LogP contribution in [0.15, 0.2) is 18.2 Å². The molecule has 0 saturated heterocycles. The Bertz CT molecular complexity index is 398. The summed E-state index contributed by atoms with van der Waals surface area (Å²) in [4.78, 5) is 0. The molecule has 0 aliphatic rings. The summed E-state index contributed by atoms with van der Waals surface area (Å²) < 4.78 is 36.8. The third-order valence-electron chi connectivity index (χ3n) is 2.49. The van der Waals surface area contributed by atoms with Crippen LogP contribution in [0.25, 0.3) is 0 Å². The van der Waals surface area contributed by atoms with Gasteiger partial charge in [-0.25, -0.2) is 8.78 Å². The quantitative estimate of drug-likeness (QED) is 0.850. The van der Waals surface area contributed by atoms with Crippen LogP contribution in [0.3, 0.4) is 0 Å². The van der Waals surface area contributed by atoms with Crippen molar-refractivity contribution in [2.24, 2.45) is 0 Å². The molecule has 5 heteroatoms. The second-order valence-corrected chi connectivity index (χ2v) is 5.64. The molecular weight excluding hydrogens is 244 g/mol. The first-order valence-corrected chi connectivity index (χ1v) is 7.19. The van der Waals surface area contributed by atoms with Gasteiger partial charge in [-0.15, -0.1) is 0 Å². The van der Waals surface area contributed by atoms with Crippen molar-refractivity contribution in [2.45, 2.75) is 25.9 Å². The van der Waals surface area contributed by atoms with Crippen LogP contribution >= 0.6 is 0 Å². The summed E-state index contributed by atoms with van der Waals surface area (Å²) in [6, 6.07) is 3.71. The number of benzene rings is 1. The maximum absolute atomic E-state index is 13.3. The van der Waals surface area contributed by atoms with Gasteiger partial charge in [0, 0.05) is 47.0 Å². The lowest BCUT2D eigenvalue weighted by Gasteiger charge is -2.13. The van der Waals surface area contributed by atoms with E-state index in [1.54, 1.807) is 6.26 Å². The Hall–Kier alpha value is -0.810. The zero-order valence-electron chi connectivity index (χ0n) is 10.0. The molecule has 0 spiro atoms. The first-order chi connectivity index (χ1) is 7.99. The molecule has 1 rings (SSSR count). The van der Waals surface area contributed by atoms with Gasteiger partial charge in [-0.3, -0.25) is 4.21 Å². The molecule has 2 atom stereocenters. The molecule has 0 fully saturated rings. The van der Waals surface area contributed by atoms with E-state index in [9.17, 15) is 13.0 Å². The summed E-state index contributed by atoms with van der Waals surface area (Å²) in [5.74, 6) is -0.482. The number of hydrogen-bond acceptors (Lipinski definition) is 2. The zero-order chi connectivity index (χ0) is 12.8. The van der Waals surface area contributed by atoms with Crippen molar-refractivity contribution >= 4 is 10.8 Å². The van der Waals surface area contributed by atoms with Crippen molar-refractivity contribution in [2.75, 3.05) is 12.0 Å². The third kappa shape index (κ3) is 5.37. The fourth-order valence-corrected chi connectivity index (χ4v) is 2.08. The molecule has 0 aliphatic carbocycles. The molecule has 1 aromatic carbocycles. The van der Waals surface area contributed by atoms with Crippen molar-refractivity contribution in [1.29, 1.82) is 0 Å². The Labute approximate surface area is 103 Å². The van der Waals surface area contributed by atoms with Crippen LogP contribution in [-0.4, -0.2) is 22.3 Å². The summed E-state index contributed by atoms with van der Waals surface area (Å²) in [7, 11) is -0.805. The average Bonchev–Trinajstić information content (AvgIpc) is 2.25. The fourth-order valence-electron chi connectivity index (χ4n) is 1.39. The maximum atomic E-state index is 13.3. The standard InChI is InChI=1S/C12H17F2NOS/c1-9(5-6-17(2)16)15-8-10-3-4-11(13)7-12(10)14/h3-4,7,9,15H,5-6,8H2,1-2H3. The highest BCUT2D eigenvalue weighted by Gasteiger charge is 2.06. The van der Waals surface area contributed by atoms with Crippen LogP contribution in [0, 0.1) is 11.6 Å². The summed E-state index contributed by atoms with van der Waals surface area (Å²) in [6.07, 6.45) is 2.43. The van der Waals surface area contributed by atoms with Gasteiger partial charge in [0.05, 0.1) is 0 Å². The van der Waals surface area contributed by atoms with Gasteiger partial charge in [-0.2, -0.15) is 0 Å². The van der Waals surface area contributed by atoms with E-state index in [0.29, 0.717) is 17.9 Å². The minimum Gasteiger partial charge on any atom is -0.310 e. The van der Waals surface area contributed by atoms with E-state index in [0.717, 1.165) is 12.5 Å². The highest BCUT2D eigenvalue weighted by atomic mass is 32.2. The van der Waals surface area contributed by atoms with Gasteiger partial charge >= 0.3 is 0 Å². The topological polar surface area (TPSA) is 29.1 Å². The van der Waals surface area contributed by atoms with Crippen molar-refractivity contribution in [1.82, 2.24) is 5.32 Å². The van der Waals surface area contributed by atoms with Gasteiger partial charge in [0.25, 0.3) is 0 Å². The van der Waals surface area contributed by atoms with Gasteiger partial charge < -0.3 is 5.32 Å². The van der Waals surface area contributed by atoms with Crippen molar-refractivity contribution in [3.63, 3.8) is 0 Å². The summed E-state index contributed by atoms with van der Waals surface area (Å²) >= 11 is 0. The lowest BCUT2D eigenvalue weighted by atomic mass is 10.2. The van der Waals surface area contributed by atoms with E-state index >= 15 is 0 Å². The summed E-state index contributed by atoms with van der Waals surface area (Å²) in [5.41, 5.74) is 0.441. The second-order valence-electron chi connectivity index (χ2n) is 4.08. The Morgan fingerprint density at radius 3 is 2.71 bits per heavy atom. The van der Waals surface area contributed by atoms with Gasteiger partial charge in [0.15, 0.2) is 0 Å². The molecule has 0 aromatic heterocycles. The van der Waals surface area contributed by atoms with E-state index in [-0.39, 0.29) is 6.04 Å². The minimum absolute atomic E-state index is 0.156. The normalized spacial score (nSPS) is 14.6. The van der Waals surface area contributed by atoms with Crippen molar-refractivity contribution in [3.8, 4) is 0 Å². The summed E-state index contributed by atoms with van der Waals surface area (Å²) in [6.45, 7) is 2.30. The Morgan fingerprint density at radius 1 is 1.41 bits per heavy atom. The molecule has 0 amide bonds. The Kier molecular flexibility index (Phi) is 5.71. The average molecular weight is 261 g/mol. The van der Waals surface area contributed by atoms with Crippen LogP contribution in [-0.2, 0) is 17.3 Å². The predicted molar refractivity (Wildman–Crippen MR) is 66.2 cm³/mol. The van der Waals surface area contributed by atoms with Crippen LogP contribution in [0.5, 0.6) is 0 Å². The van der Waals surface area contributed by atoms with Crippen molar-refractivity contribution < 1.29 is 13.0 Å². The highest BCUT2D eigenvalue weighted by molar-refractivity contribution is 7.84. The maximum Gasteiger partial charge on any atom is 0.130 e. The number of hydrogen-bond donors (Lipinski definition) is 1. The van der Waals surface area contributed by atoms with E-state index < -0.39 is 22.4 Å². The SMILES string of the molecule is CC(CCS(C)=O)NCc1ccc(F)cc1F.